The van der Waals surface area contributed by atoms with Gasteiger partial charge in [-0.3, -0.25) is 0 Å². The lowest BCUT2D eigenvalue weighted by Gasteiger charge is -2.40. The molecule has 17 rings (SSSR count). The van der Waals surface area contributed by atoms with E-state index in [1.807, 2.05) is 0 Å². The quantitative estimate of drug-likeness (QED) is 0.149. The molecule has 5 heterocycles. The van der Waals surface area contributed by atoms with Gasteiger partial charge in [-0.1, -0.05) is 158 Å². The summed E-state index contributed by atoms with van der Waals surface area (Å²) < 4.78 is 14.8. The molecular formula is C72H46BN5O. The van der Waals surface area contributed by atoms with Gasteiger partial charge in [0.2, 0.25) is 0 Å². The van der Waals surface area contributed by atoms with Crippen LogP contribution in [-0.2, 0) is 0 Å². The SMILES string of the molecule is c1ccc(N(c2ccccc2)c2ccc3c(c2)Oc2cccc4c2B3c2cc(-n3c5ccccc5c5c6c(c7ccccc7n6-c6ccccc6)c6c(c7ccccc7n6-c6ccccc6)c53)ccc2N4c2ccccc2)cc1. The zero-order chi connectivity index (χ0) is 51.7. The van der Waals surface area contributed by atoms with E-state index in [0.29, 0.717) is 0 Å². The van der Waals surface area contributed by atoms with Crippen molar-refractivity contribution in [2.24, 2.45) is 0 Å². The Morgan fingerprint density at radius 1 is 0.304 bits per heavy atom. The first kappa shape index (κ1) is 43.7. The summed E-state index contributed by atoms with van der Waals surface area (Å²) in [5.41, 5.74) is 20.3. The molecule has 0 atom stereocenters. The Morgan fingerprint density at radius 2 is 0.759 bits per heavy atom. The summed E-state index contributed by atoms with van der Waals surface area (Å²) in [7, 11) is 0. The average Bonchev–Trinajstić information content (AvgIpc) is 2.84. The summed E-state index contributed by atoms with van der Waals surface area (Å²) in [6, 6.07) is 101. The van der Waals surface area contributed by atoms with Gasteiger partial charge in [0.1, 0.15) is 11.5 Å². The third-order valence-corrected chi connectivity index (χ3v) is 16.6. The third-order valence-electron chi connectivity index (χ3n) is 16.6. The van der Waals surface area contributed by atoms with Crippen LogP contribution in [0, 0.1) is 0 Å². The highest BCUT2D eigenvalue weighted by Gasteiger charge is 2.42. The number of ether oxygens (including phenoxy) is 1. The first-order valence-electron chi connectivity index (χ1n) is 27.1. The number of rotatable bonds is 7. The first-order valence-corrected chi connectivity index (χ1v) is 27.1. The van der Waals surface area contributed by atoms with Crippen molar-refractivity contribution >= 4 is 123 Å². The Kier molecular flexibility index (Phi) is 9.41. The number of hydrogen-bond acceptors (Lipinski definition) is 3. The Bertz CT molecular complexity index is 4820. The summed E-state index contributed by atoms with van der Waals surface area (Å²) in [4.78, 5) is 4.74. The predicted octanol–water partition coefficient (Wildman–Crippen LogP) is 16.9. The smallest absolute Gasteiger partial charge is 0.256 e. The van der Waals surface area contributed by atoms with Crippen molar-refractivity contribution in [3.05, 3.63) is 279 Å². The summed E-state index contributed by atoms with van der Waals surface area (Å²) in [5.74, 6) is 1.70. The molecule has 12 aromatic carbocycles. The van der Waals surface area contributed by atoms with Crippen molar-refractivity contribution in [3.63, 3.8) is 0 Å². The number of hydrogen-bond donors (Lipinski definition) is 0. The molecule has 0 amide bonds. The van der Waals surface area contributed by atoms with Gasteiger partial charge in [-0.2, -0.15) is 0 Å². The van der Waals surface area contributed by atoms with Gasteiger partial charge in [0, 0.05) is 89.6 Å². The lowest BCUT2D eigenvalue weighted by Crippen LogP contribution is -2.59. The summed E-state index contributed by atoms with van der Waals surface area (Å²) in [6.45, 7) is -0.152. The largest absolute Gasteiger partial charge is 0.458 e. The normalized spacial score (nSPS) is 12.6. The molecule has 79 heavy (non-hydrogen) atoms. The van der Waals surface area contributed by atoms with Crippen molar-refractivity contribution in [2.45, 2.75) is 0 Å². The van der Waals surface area contributed by atoms with Crippen LogP contribution < -0.4 is 30.9 Å². The lowest BCUT2D eigenvalue weighted by molar-refractivity contribution is 0.487. The second-order valence-corrected chi connectivity index (χ2v) is 20.8. The van der Waals surface area contributed by atoms with Gasteiger partial charge in [-0.15, -0.1) is 0 Å². The van der Waals surface area contributed by atoms with Crippen LogP contribution in [0.2, 0.25) is 0 Å². The molecule has 368 valence electrons. The molecule has 6 nitrogen and oxygen atoms in total. The van der Waals surface area contributed by atoms with Crippen LogP contribution in [0.15, 0.2) is 279 Å². The van der Waals surface area contributed by atoms with E-state index in [1.165, 1.54) is 59.8 Å². The van der Waals surface area contributed by atoms with Crippen LogP contribution in [0.5, 0.6) is 11.5 Å². The Balaban J connectivity index is 0.996. The van der Waals surface area contributed by atoms with Crippen molar-refractivity contribution in [3.8, 4) is 28.6 Å². The van der Waals surface area contributed by atoms with E-state index in [1.54, 1.807) is 0 Å². The Morgan fingerprint density at radius 3 is 1.28 bits per heavy atom. The molecule has 0 aliphatic carbocycles. The number of aromatic nitrogens is 3. The molecule has 0 fully saturated rings. The third kappa shape index (κ3) is 6.30. The Labute approximate surface area is 456 Å². The minimum absolute atomic E-state index is 0.152. The topological polar surface area (TPSA) is 30.5 Å². The van der Waals surface area contributed by atoms with Crippen LogP contribution in [-0.4, -0.2) is 20.4 Å². The number of fused-ring (bicyclic) bond motifs is 16. The molecule has 0 unspecified atom stereocenters. The molecule has 2 aliphatic heterocycles. The van der Waals surface area contributed by atoms with E-state index in [-0.39, 0.29) is 6.71 Å². The maximum atomic E-state index is 7.18. The highest BCUT2D eigenvalue weighted by molar-refractivity contribution is 6.99. The minimum atomic E-state index is -0.152. The fraction of sp³-hybridized carbons (Fsp3) is 0. The van der Waals surface area contributed by atoms with Crippen molar-refractivity contribution in [1.82, 2.24) is 13.7 Å². The highest BCUT2D eigenvalue weighted by Crippen LogP contribution is 2.51. The van der Waals surface area contributed by atoms with Crippen molar-refractivity contribution in [1.29, 1.82) is 0 Å². The number of anilines is 6. The van der Waals surface area contributed by atoms with Gasteiger partial charge in [0.25, 0.3) is 6.71 Å². The monoisotopic (exact) mass is 1010 g/mol. The summed E-state index contributed by atoms with van der Waals surface area (Å²) in [6.07, 6.45) is 0. The van der Waals surface area contributed by atoms with E-state index in [9.17, 15) is 0 Å². The number of benzene rings is 12. The van der Waals surface area contributed by atoms with Crippen LogP contribution >= 0.6 is 0 Å². The molecule has 0 saturated carbocycles. The molecule has 0 radical (unpaired) electrons. The van der Waals surface area contributed by atoms with Gasteiger partial charge in [-0.05, 0) is 132 Å². The molecule has 0 bridgehead atoms. The van der Waals surface area contributed by atoms with Crippen molar-refractivity contribution in [2.75, 3.05) is 9.80 Å². The Hall–Kier alpha value is -10.5. The fourth-order valence-electron chi connectivity index (χ4n) is 13.5. The molecule has 2 aliphatic rings. The molecule has 3 aromatic heterocycles. The van der Waals surface area contributed by atoms with Crippen LogP contribution in [0.25, 0.3) is 82.5 Å². The summed E-state index contributed by atoms with van der Waals surface area (Å²) >= 11 is 0. The van der Waals surface area contributed by atoms with Gasteiger partial charge >= 0.3 is 0 Å². The molecule has 0 saturated heterocycles. The van der Waals surface area contributed by atoms with Crippen LogP contribution in [0.4, 0.5) is 34.1 Å². The van der Waals surface area contributed by atoms with Gasteiger partial charge < -0.3 is 28.2 Å². The first-order chi connectivity index (χ1) is 39.3. The standard InChI is InChI=1S/C72H46BN5O/c1-6-23-47(24-7-1)74(48-25-8-2-9-26-48)53-41-43-57-65(46-53)79-64-40-22-39-63-69(64)73(57)58-45-52(42-44-62(58)75(63)49-27-10-3-11-28-49)78-61-38-21-18-35-56(61)68-71-66(54-33-16-19-36-59(54)76(71)50-29-12-4-13-30-50)70-67(72(68)78)55-34-17-20-37-60(55)77(70)51-31-14-5-15-32-51/h1-46H. The number of nitrogens with zero attached hydrogens (tertiary/aromatic N) is 5. The molecule has 0 spiro atoms. The second-order valence-electron chi connectivity index (χ2n) is 20.8. The van der Waals surface area contributed by atoms with E-state index < -0.39 is 0 Å². The second kappa shape index (κ2) is 17.0. The van der Waals surface area contributed by atoms with E-state index in [2.05, 4.69) is 303 Å². The maximum absolute atomic E-state index is 7.18. The fourth-order valence-corrected chi connectivity index (χ4v) is 13.5. The van der Waals surface area contributed by atoms with Crippen molar-refractivity contribution < 1.29 is 4.74 Å². The van der Waals surface area contributed by atoms with Gasteiger partial charge in [0.15, 0.2) is 0 Å². The average molecular weight is 1010 g/mol. The molecule has 15 aromatic rings. The van der Waals surface area contributed by atoms with Crippen LogP contribution in [0.3, 0.4) is 0 Å². The van der Waals surface area contributed by atoms with E-state index in [4.69, 9.17) is 4.74 Å². The highest BCUT2D eigenvalue weighted by atomic mass is 16.5. The van der Waals surface area contributed by atoms with Crippen LogP contribution in [0.1, 0.15) is 0 Å². The zero-order valence-corrected chi connectivity index (χ0v) is 42.8. The lowest BCUT2D eigenvalue weighted by atomic mass is 9.34. The zero-order valence-electron chi connectivity index (χ0n) is 42.8. The maximum Gasteiger partial charge on any atom is 0.256 e. The summed E-state index contributed by atoms with van der Waals surface area (Å²) in [5, 5.41) is 7.28. The molecular weight excluding hydrogens is 962 g/mol. The van der Waals surface area contributed by atoms with E-state index >= 15 is 0 Å². The van der Waals surface area contributed by atoms with Gasteiger partial charge in [-0.25, -0.2) is 0 Å². The predicted molar refractivity (Wildman–Crippen MR) is 330 cm³/mol. The molecule has 7 heteroatoms. The minimum Gasteiger partial charge on any atom is -0.458 e. The number of para-hydroxylation sites is 8. The molecule has 0 N–H and O–H groups in total. The van der Waals surface area contributed by atoms with E-state index in [0.717, 1.165) is 84.6 Å². The van der Waals surface area contributed by atoms with Gasteiger partial charge in [0.05, 0.1) is 33.1 Å².